The zero-order chi connectivity index (χ0) is 20.7. The lowest BCUT2D eigenvalue weighted by atomic mass is 10.2. The summed E-state index contributed by atoms with van der Waals surface area (Å²) in [6, 6.07) is 11.5. The Bertz CT molecular complexity index is 815. The van der Waals surface area contributed by atoms with Gasteiger partial charge in [0, 0.05) is 11.1 Å². The highest BCUT2D eigenvalue weighted by molar-refractivity contribution is 6.30. The second kappa shape index (κ2) is 14.5. The Morgan fingerprint density at radius 2 is 1.81 bits per heavy atom. The Balaban J connectivity index is 0.000000410. The van der Waals surface area contributed by atoms with E-state index in [1.165, 1.54) is 5.56 Å². The minimum Gasteiger partial charge on any atom is -0.362 e. The number of aromatic amines is 1. The van der Waals surface area contributed by atoms with Crippen molar-refractivity contribution in [3.63, 3.8) is 0 Å². The predicted octanol–water partition coefficient (Wildman–Crippen LogP) is 5.44. The van der Waals surface area contributed by atoms with Crippen LogP contribution in [0.15, 0.2) is 55.4 Å². The van der Waals surface area contributed by atoms with Crippen LogP contribution in [0.3, 0.4) is 0 Å². The number of aldehydes is 1. The maximum atomic E-state index is 10.4. The van der Waals surface area contributed by atoms with Crippen molar-refractivity contribution < 1.29 is 4.79 Å². The molecule has 0 aliphatic rings. The molecule has 146 valence electrons. The Morgan fingerprint density at radius 1 is 1.19 bits per heavy atom. The Hall–Kier alpha value is -2.63. The molecule has 27 heavy (non-hydrogen) atoms. The largest absolute Gasteiger partial charge is 0.362 e. The predicted molar refractivity (Wildman–Crippen MR) is 118 cm³/mol. The number of hydrogen-bond donors (Lipinski definition) is 3. The van der Waals surface area contributed by atoms with Gasteiger partial charge >= 0.3 is 0 Å². The van der Waals surface area contributed by atoms with Gasteiger partial charge in [0.2, 0.25) is 0 Å². The fraction of sp³-hybridized carbons (Fsp3) is 0.238. The number of nitrogens with zero attached hydrogens (tertiary/aromatic N) is 1. The van der Waals surface area contributed by atoms with E-state index in [2.05, 4.69) is 40.2 Å². The highest BCUT2D eigenvalue weighted by Gasteiger charge is 1.99. The van der Waals surface area contributed by atoms with Crippen LogP contribution >= 0.6 is 11.6 Å². The number of anilines is 1. The Morgan fingerprint density at radius 3 is 2.37 bits per heavy atom. The molecule has 0 saturated carbocycles. The van der Waals surface area contributed by atoms with Gasteiger partial charge in [-0.25, -0.2) is 4.98 Å². The molecule has 3 N–H and O–H groups in total. The molecular weight excluding hydrogens is 360 g/mol. The molecule has 6 heteroatoms. The standard InChI is InChI=1S/C9H11N.C8H5ClN2O.C2H7N.C2H6/c1-3-10-9-7-5-4-6-8(9)2;9-8-2-5-1-6(4-12)11-7(5)3-10-8;1-3-2;1-2/h3-7,10H,1H2,2H3;1-4,11H;3H,1-2H3;1-2H3. The van der Waals surface area contributed by atoms with Crippen LogP contribution in [-0.4, -0.2) is 30.3 Å². The summed E-state index contributed by atoms with van der Waals surface area (Å²) < 4.78 is 0. The van der Waals surface area contributed by atoms with Crippen molar-refractivity contribution >= 4 is 34.5 Å². The number of rotatable bonds is 3. The van der Waals surface area contributed by atoms with E-state index in [-0.39, 0.29) is 0 Å². The van der Waals surface area contributed by atoms with E-state index in [9.17, 15) is 4.79 Å². The molecule has 3 rings (SSSR count). The van der Waals surface area contributed by atoms with Crippen molar-refractivity contribution in [1.82, 2.24) is 15.3 Å². The van der Waals surface area contributed by atoms with Crippen molar-refractivity contribution in [2.45, 2.75) is 20.8 Å². The van der Waals surface area contributed by atoms with Gasteiger partial charge in [-0.05, 0) is 51.0 Å². The van der Waals surface area contributed by atoms with Crippen LogP contribution in [0.1, 0.15) is 29.9 Å². The second-order valence-electron chi connectivity index (χ2n) is 5.10. The maximum Gasteiger partial charge on any atom is 0.166 e. The lowest BCUT2D eigenvalue weighted by Crippen LogP contribution is -1.89. The number of carbonyl (C=O) groups is 1. The summed E-state index contributed by atoms with van der Waals surface area (Å²) in [4.78, 5) is 17.1. The third-order valence-electron chi connectivity index (χ3n) is 3.02. The molecule has 1 aromatic carbocycles. The van der Waals surface area contributed by atoms with Crippen LogP contribution < -0.4 is 10.6 Å². The van der Waals surface area contributed by atoms with E-state index in [1.807, 2.05) is 46.1 Å². The molecular formula is C21H29ClN4O. The fourth-order valence-corrected chi connectivity index (χ4v) is 2.10. The van der Waals surface area contributed by atoms with E-state index >= 15 is 0 Å². The average Bonchev–Trinajstić information content (AvgIpc) is 3.09. The first kappa shape index (κ1) is 24.4. The summed E-state index contributed by atoms with van der Waals surface area (Å²) >= 11 is 5.66. The number of carbonyl (C=O) groups excluding carboxylic acids is 1. The molecule has 0 fully saturated rings. The smallest absolute Gasteiger partial charge is 0.166 e. The number of H-pyrrole nitrogens is 1. The molecule has 0 atom stereocenters. The zero-order valence-corrected chi connectivity index (χ0v) is 17.4. The molecule has 0 radical (unpaired) electrons. The first-order valence-electron chi connectivity index (χ1n) is 8.66. The highest BCUT2D eigenvalue weighted by Crippen LogP contribution is 2.16. The summed E-state index contributed by atoms with van der Waals surface area (Å²) in [7, 11) is 3.75. The number of fused-ring (bicyclic) bond motifs is 1. The molecule has 0 unspecified atom stereocenters. The number of halogens is 1. The van der Waals surface area contributed by atoms with Crippen LogP contribution in [0.4, 0.5) is 5.69 Å². The molecule has 0 saturated heterocycles. The number of nitrogens with one attached hydrogen (secondary N) is 3. The molecule has 2 heterocycles. The van der Waals surface area contributed by atoms with Gasteiger partial charge in [0.15, 0.2) is 6.29 Å². The van der Waals surface area contributed by atoms with E-state index in [0.717, 1.165) is 22.9 Å². The average molecular weight is 389 g/mol. The van der Waals surface area contributed by atoms with Crippen LogP contribution in [0.5, 0.6) is 0 Å². The second-order valence-corrected chi connectivity index (χ2v) is 5.49. The molecule has 3 aromatic rings. The lowest BCUT2D eigenvalue weighted by Gasteiger charge is -2.02. The van der Waals surface area contributed by atoms with Gasteiger partial charge in [-0.3, -0.25) is 4.79 Å². The van der Waals surface area contributed by atoms with Gasteiger partial charge in [-0.2, -0.15) is 0 Å². The van der Waals surface area contributed by atoms with Crippen LogP contribution in [0.2, 0.25) is 5.15 Å². The summed E-state index contributed by atoms with van der Waals surface area (Å²) in [6.45, 7) is 9.65. The van der Waals surface area contributed by atoms with Crippen molar-refractivity contribution in [3.05, 3.63) is 71.8 Å². The van der Waals surface area contributed by atoms with E-state index in [0.29, 0.717) is 10.8 Å². The summed E-state index contributed by atoms with van der Waals surface area (Å²) in [5.41, 5.74) is 3.72. The van der Waals surface area contributed by atoms with Gasteiger partial charge in [-0.1, -0.05) is 50.2 Å². The maximum absolute atomic E-state index is 10.4. The summed E-state index contributed by atoms with van der Waals surface area (Å²) in [5.74, 6) is 0. The summed E-state index contributed by atoms with van der Waals surface area (Å²) in [5, 5.41) is 7.12. The first-order chi connectivity index (χ1) is 13.0. The molecule has 5 nitrogen and oxygen atoms in total. The third-order valence-corrected chi connectivity index (χ3v) is 3.23. The van der Waals surface area contributed by atoms with E-state index in [1.54, 1.807) is 24.5 Å². The molecule has 0 bridgehead atoms. The van der Waals surface area contributed by atoms with Crippen LogP contribution in [0.25, 0.3) is 10.9 Å². The number of para-hydroxylation sites is 1. The summed E-state index contributed by atoms with van der Waals surface area (Å²) in [6.07, 6.45) is 4.04. The fourth-order valence-electron chi connectivity index (χ4n) is 1.94. The van der Waals surface area contributed by atoms with Crippen LogP contribution in [-0.2, 0) is 0 Å². The molecule has 0 aliphatic carbocycles. The number of aryl methyl sites for hydroxylation is 1. The number of pyridine rings is 1. The van der Waals surface area contributed by atoms with Gasteiger partial charge in [0.1, 0.15) is 5.15 Å². The monoisotopic (exact) mass is 388 g/mol. The van der Waals surface area contributed by atoms with Crippen molar-refractivity contribution in [1.29, 1.82) is 0 Å². The minimum atomic E-state index is 0.430. The first-order valence-corrected chi connectivity index (χ1v) is 9.04. The molecule has 0 aliphatic heterocycles. The lowest BCUT2D eigenvalue weighted by molar-refractivity contribution is 0.112. The SMILES string of the molecule is C=CNc1ccccc1C.CC.CNC.O=Cc1cc2cc(Cl)ncc2[nH]1. The third kappa shape index (κ3) is 9.03. The van der Waals surface area contributed by atoms with Crippen LogP contribution in [0, 0.1) is 6.92 Å². The number of hydrogen-bond acceptors (Lipinski definition) is 4. The zero-order valence-electron chi connectivity index (χ0n) is 16.6. The quantitative estimate of drug-likeness (QED) is 0.412. The number of aromatic nitrogens is 2. The van der Waals surface area contributed by atoms with Gasteiger partial charge in [-0.15, -0.1) is 0 Å². The van der Waals surface area contributed by atoms with Gasteiger partial charge in [0.25, 0.3) is 0 Å². The Labute approximate surface area is 166 Å². The Kier molecular flexibility index (Phi) is 13.1. The van der Waals surface area contributed by atoms with Crippen molar-refractivity contribution in [2.24, 2.45) is 0 Å². The normalized spacial score (nSPS) is 8.81. The van der Waals surface area contributed by atoms with Gasteiger partial charge < -0.3 is 15.6 Å². The number of benzene rings is 1. The highest BCUT2D eigenvalue weighted by atomic mass is 35.5. The molecule has 0 spiro atoms. The van der Waals surface area contributed by atoms with Gasteiger partial charge in [0.05, 0.1) is 17.4 Å². The van der Waals surface area contributed by atoms with Crippen molar-refractivity contribution in [3.8, 4) is 0 Å². The molecule has 2 aromatic heterocycles. The molecule has 0 amide bonds. The van der Waals surface area contributed by atoms with E-state index < -0.39 is 0 Å². The van der Waals surface area contributed by atoms with E-state index in [4.69, 9.17) is 11.6 Å². The minimum absolute atomic E-state index is 0.430. The topological polar surface area (TPSA) is 69.8 Å². The van der Waals surface area contributed by atoms with Crippen molar-refractivity contribution in [2.75, 3.05) is 19.4 Å².